The van der Waals surface area contributed by atoms with Crippen molar-refractivity contribution in [1.29, 1.82) is 0 Å². The SMILES string of the molecule is Cn1ncc2c(N(CCCBr)C3CCC3)ncnc21. The summed E-state index contributed by atoms with van der Waals surface area (Å²) < 4.78 is 1.81. The van der Waals surface area contributed by atoms with Gasteiger partial charge in [-0.3, -0.25) is 4.68 Å². The van der Waals surface area contributed by atoms with E-state index in [2.05, 4.69) is 35.9 Å². The first-order valence-electron chi connectivity index (χ1n) is 6.76. The average Bonchev–Trinajstić information content (AvgIpc) is 2.74. The Labute approximate surface area is 121 Å². The average molecular weight is 324 g/mol. The van der Waals surface area contributed by atoms with Gasteiger partial charge in [0.2, 0.25) is 0 Å². The van der Waals surface area contributed by atoms with Crippen molar-refractivity contribution in [2.45, 2.75) is 31.7 Å². The minimum atomic E-state index is 0.636. The highest BCUT2D eigenvalue weighted by Gasteiger charge is 2.27. The van der Waals surface area contributed by atoms with Crippen molar-refractivity contribution in [2.75, 3.05) is 16.8 Å². The molecule has 1 saturated carbocycles. The molecule has 102 valence electrons. The van der Waals surface area contributed by atoms with Crippen LogP contribution in [-0.4, -0.2) is 37.7 Å². The summed E-state index contributed by atoms with van der Waals surface area (Å²) in [4.78, 5) is 11.3. The number of halogens is 1. The zero-order valence-corrected chi connectivity index (χ0v) is 12.7. The normalized spacial score (nSPS) is 15.7. The Bertz CT molecular complexity index is 563. The monoisotopic (exact) mass is 323 g/mol. The van der Waals surface area contributed by atoms with Gasteiger partial charge in [-0.2, -0.15) is 5.10 Å². The van der Waals surface area contributed by atoms with Crippen molar-refractivity contribution in [3.63, 3.8) is 0 Å². The molecule has 0 atom stereocenters. The Kier molecular flexibility index (Phi) is 3.68. The smallest absolute Gasteiger partial charge is 0.163 e. The summed E-state index contributed by atoms with van der Waals surface area (Å²) in [5.41, 5.74) is 0.910. The van der Waals surface area contributed by atoms with E-state index in [1.165, 1.54) is 19.3 Å². The highest BCUT2D eigenvalue weighted by molar-refractivity contribution is 9.09. The van der Waals surface area contributed by atoms with E-state index in [-0.39, 0.29) is 0 Å². The van der Waals surface area contributed by atoms with Crippen LogP contribution in [-0.2, 0) is 7.05 Å². The number of aromatic nitrogens is 4. The van der Waals surface area contributed by atoms with E-state index < -0.39 is 0 Å². The number of hydrogen-bond donors (Lipinski definition) is 0. The molecule has 0 radical (unpaired) electrons. The van der Waals surface area contributed by atoms with Gasteiger partial charge in [0.25, 0.3) is 0 Å². The Morgan fingerprint density at radius 1 is 1.42 bits per heavy atom. The number of hydrogen-bond acceptors (Lipinski definition) is 4. The number of alkyl halides is 1. The second-order valence-electron chi connectivity index (χ2n) is 5.02. The summed E-state index contributed by atoms with van der Waals surface area (Å²) in [6, 6.07) is 0.636. The van der Waals surface area contributed by atoms with Gasteiger partial charge in [0, 0.05) is 25.0 Å². The molecule has 0 spiro atoms. The van der Waals surface area contributed by atoms with E-state index in [4.69, 9.17) is 0 Å². The van der Waals surface area contributed by atoms with Crippen LogP contribution in [0, 0.1) is 0 Å². The van der Waals surface area contributed by atoms with E-state index in [1.807, 2.05) is 17.9 Å². The van der Waals surface area contributed by atoms with Gasteiger partial charge >= 0.3 is 0 Å². The van der Waals surface area contributed by atoms with Crippen LogP contribution in [0.15, 0.2) is 12.5 Å². The zero-order chi connectivity index (χ0) is 13.2. The maximum atomic E-state index is 4.52. The summed E-state index contributed by atoms with van der Waals surface area (Å²) in [5, 5.41) is 6.39. The Morgan fingerprint density at radius 2 is 2.26 bits per heavy atom. The highest BCUT2D eigenvalue weighted by atomic mass is 79.9. The van der Waals surface area contributed by atoms with E-state index in [1.54, 1.807) is 6.33 Å². The van der Waals surface area contributed by atoms with Gasteiger partial charge in [-0.05, 0) is 25.7 Å². The molecular formula is C13H18BrN5. The van der Waals surface area contributed by atoms with Crippen molar-refractivity contribution in [3.8, 4) is 0 Å². The maximum Gasteiger partial charge on any atom is 0.163 e. The number of anilines is 1. The molecule has 2 heterocycles. The van der Waals surface area contributed by atoms with Crippen LogP contribution >= 0.6 is 15.9 Å². The lowest BCUT2D eigenvalue weighted by Crippen LogP contribution is -2.41. The molecule has 0 unspecified atom stereocenters. The van der Waals surface area contributed by atoms with Crippen LogP contribution < -0.4 is 4.90 Å². The second kappa shape index (κ2) is 5.45. The minimum absolute atomic E-state index is 0.636. The third-order valence-electron chi connectivity index (χ3n) is 3.83. The molecule has 19 heavy (non-hydrogen) atoms. The standard InChI is InChI=1S/C13H18BrN5/c1-18-12-11(8-17-18)13(16-9-15-12)19(7-3-6-14)10-4-2-5-10/h8-10H,2-7H2,1H3. The van der Waals surface area contributed by atoms with Crippen molar-refractivity contribution in [1.82, 2.24) is 19.7 Å². The van der Waals surface area contributed by atoms with Gasteiger partial charge < -0.3 is 4.90 Å². The van der Waals surface area contributed by atoms with Gasteiger partial charge in [-0.1, -0.05) is 15.9 Å². The molecule has 5 nitrogen and oxygen atoms in total. The van der Waals surface area contributed by atoms with Gasteiger partial charge in [0.1, 0.15) is 12.1 Å². The quantitative estimate of drug-likeness (QED) is 0.793. The maximum absolute atomic E-state index is 4.52. The molecule has 0 saturated heterocycles. The largest absolute Gasteiger partial charge is 0.353 e. The lowest BCUT2D eigenvalue weighted by molar-refractivity contribution is 0.385. The number of nitrogens with zero attached hydrogens (tertiary/aromatic N) is 5. The van der Waals surface area contributed by atoms with Gasteiger partial charge in [-0.15, -0.1) is 0 Å². The van der Waals surface area contributed by atoms with Crippen molar-refractivity contribution in [3.05, 3.63) is 12.5 Å². The topological polar surface area (TPSA) is 46.8 Å². The third-order valence-corrected chi connectivity index (χ3v) is 4.39. The first-order valence-corrected chi connectivity index (χ1v) is 7.88. The lowest BCUT2D eigenvalue weighted by atomic mass is 9.91. The number of fused-ring (bicyclic) bond motifs is 1. The van der Waals surface area contributed by atoms with Crippen LogP contribution in [0.3, 0.4) is 0 Å². The van der Waals surface area contributed by atoms with Crippen molar-refractivity contribution < 1.29 is 0 Å². The second-order valence-corrected chi connectivity index (χ2v) is 5.82. The van der Waals surface area contributed by atoms with Gasteiger partial charge in [0.05, 0.1) is 11.6 Å². The van der Waals surface area contributed by atoms with E-state index in [0.717, 1.165) is 35.1 Å². The van der Waals surface area contributed by atoms with E-state index >= 15 is 0 Å². The molecule has 2 aromatic rings. The van der Waals surface area contributed by atoms with Crippen molar-refractivity contribution in [2.24, 2.45) is 7.05 Å². The molecule has 1 fully saturated rings. The van der Waals surface area contributed by atoms with Crippen LogP contribution in [0.5, 0.6) is 0 Å². The zero-order valence-electron chi connectivity index (χ0n) is 11.1. The lowest BCUT2D eigenvalue weighted by Gasteiger charge is -2.38. The summed E-state index contributed by atoms with van der Waals surface area (Å²) >= 11 is 3.52. The summed E-state index contributed by atoms with van der Waals surface area (Å²) in [7, 11) is 1.92. The fraction of sp³-hybridized carbons (Fsp3) is 0.615. The molecule has 0 N–H and O–H groups in total. The van der Waals surface area contributed by atoms with E-state index in [9.17, 15) is 0 Å². The van der Waals surface area contributed by atoms with Gasteiger partial charge in [0.15, 0.2) is 5.65 Å². The van der Waals surface area contributed by atoms with Crippen LogP contribution in [0.2, 0.25) is 0 Å². The summed E-state index contributed by atoms with van der Waals surface area (Å²) in [5.74, 6) is 1.05. The van der Waals surface area contributed by atoms with Gasteiger partial charge in [-0.25, -0.2) is 9.97 Å². The molecule has 0 amide bonds. The van der Waals surface area contributed by atoms with E-state index in [0.29, 0.717) is 6.04 Å². The predicted molar refractivity (Wildman–Crippen MR) is 79.7 cm³/mol. The molecule has 0 aliphatic heterocycles. The Morgan fingerprint density at radius 3 is 2.95 bits per heavy atom. The highest BCUT2D eigenvalue weighted by Crippen LogP contribution is 2.32. The molecule has 1 aliphatic carbocycles. The minimum Gasteiger partial charge on any atom is -0.353 e. The summed E-state index contributed by atoms with van der Waals surface area (Å²) in [6.07, 6.45) is 8.53. The number of rotatable bonds is 5. The fourth-order valence-electron chi connectivity index (χ4n) is 2.57. The number of aryl methyl sites for hydroxylation is 1. The molecule has 3 rings (SSSR count). The van der Waals surface area contributed by atoms with Crippen LogP contribution in [0.1, 0.15) is 25.7 Å². The molecule has 2 aromatic heterocycles. The van der Waals surface area contributed by atoms with Crippen LogP contribution in [0.25, 0.3) is 11.0 Å². The first kappa shape index (κ1) is 12.8. The van der Waals surface area contributed by atoms with Crippen molar-refractivity contribution >= 4 is 32.8 Å². The first-order chi connectivity index (χ1) is 9.31. The predicted octanol–water partition coefficient (Wildman–Crippen LogP) is 2.51. The molecule has 0 aromatic carbocycles. The third kappa shape index (κ3) is 2.33. The Hall–Kier alpha value is -1.17. The molecule has 1 aliphatic rings. The molecular weight excluding hydrogens is 306 g/mol. The Balaban J connectivity index is 1.98. The molecule has 0 bridgehead atoms. The summed E-state index contributed by atoms with van der Waals surface area (Å²) in [6.45, 7) is 1.04. The van der Waals surface area contributed by atoms with Crippen LogP contribution in [0.4, 0.5) is 5.82 Å². The fourth-order valence-corrected chi connectivity index (χ4v) is 2.82. The molecule has 6 heteroatoms.